The molecular weight excluding hydrogens is 382 g/mol. The van der Waals surface area contributed by atoms with Crippen molar-refractivity contribution in [3.05, 3.63) is 74.4 Å². The molecule has 0 spiro atoms. The third-order valence-corrected chi connectivity index (χ3v) is 4.67. The van der Waals surface area contributed by atoms with E-state index in [0.717, 1.165) is 4.57 Å². The lowest BCUT2D eigenvalue weighted by molar-refractivity contribution is -0.124. The molecule has 0 saturated heterocycles. The van der Waals surface area contributed by atoms with Crippen LogP contribution in [0.15, 0.2) is 58.1 Å². The van der Waals surface area contributed by atoms with E-state index in [4.69, 9.17) is 16.3 Å². The van der Waals surface area contributed by atoms with Gasteiger partial charge in [0.2, 0.25) is 5.91 Å². The SMILES string of the molecule is COCCNC(=O)[C@H](C)n1c(=O)n(-c2cccc(Cl)c2)c(=O)c2ccccc21. The molecule has 0 radical (unpaired) electrons. The van der Waals surface area contributed by atoms with Gasteiger partial charge in [-0.15, -0.1) is 0 Å². The number of nitrogens with zero attached hydrogens (tertiary/aromatic N) is 2. The van der Waals surface area contributed by atoms with E-state index in [1.165, 1.54) is 17.7 Å². The number of benzene rings is 2. The van der Waals surface area contributed by atoms with Crippen LogP contribution in [-0.2, 0) is 9.53 Å². The average molecular weight is 402 g/mol. The summed E-state index contributed by atoms with van der Waals surface area (Å²) in [5.41, 5.74) is -0.342. The second-order valence-electron chi connectivity index (χ2n) is 6.25. The molecule has 1 amide bonds. The molecule has 2 aromatic carbocycles. The molecule has 0 saturated carbocycles. The standard InChI is InChI=1S/C20H20ClN3O4/c1-13(18(25)22-10-11-28-2)23-17-9-4-3-8-16(17)19(26)24(20(23)27)15-7-5-6-14(21)12-15/h3-9,12-13H,10-11H2,1-2H3,(H,22,25)/t13-/m0/s1. The number of halogens is 1. The van der Waals surface area contributed by atoms with E-state index in [1.807, 2.05) is 0 Å². The summed E-state index contributed by atoms with van der Waals surface area (Å²) in [7, 11) is 1.54. The second kappa shape index (κ2) is 8.41. The maximum atomic E-state index is 13.3. The van der Waals surface area contributed by atoms with Crippen molar-refractivity contribution in [1.82, 2.24) is 14.5 Å². The summed E-state index contributed by atoms with van der Waals surface area (Å²) in [5.74, 6) is -0.347. The smallest absolute Gasteiger partial charge is 0.336 e. The van der Waals surface area contributed by atoms with Crippen LogP contribution in [-0.4, -0.2) is 35.3 Å². The molecule has 3 aromatic rings. The normalized spacial score (nSPS) is 12.1. The van der Waals surface area contributed by atoms with Crippen molar-refractivity contribution in [2.45, 2.75) is 13.0 Å². The highest BCUT2D eigenvalue weighted by atomic mass is 35.5. The molecule has 0 aliphatic carbocycles. The Balaban J connectivity index is 2.24. The van der Waals surface area contributed by atoms with Gasteiger partial charge in [0.1, 0.15) is 6.04 Å². The van der Waals surface area contributed by atoms with Crippen molar-refractivity contribution in [3.8, 4) is 5.69 Å². The van der Waals surface area contributed by atoms with E-state index < -0.39 is 17.3 Å². The molecule has 1 N–H and O–H groups in total. The highest BCUT2D eigenvalue weighted by Crippen LogP contribution is 2.16. The van der Waals surface area contributed by atoms with Gasteiger partial charge in [-0.2, -0.15) is 0 Å². The van der Waals surface area contributed by atoms with Gasteiger partial charge in [0.05, 0.1) is 23.2 Å². The van der Waals surface area contributed by atoms with Crippen LogP contribution in [0.4, 0.5) is 0 Å². The van der Waals surface area contributed by atoms with Gasteiger partial charge in [-0.25, -0.2) is 9.36 Å². The topological polar surface area (TPSA) is 82.3 Å². The van der Waals surface area contributed by atoms with E-state index in [-0.39, 0.29) is 5.91 Å². The fourth-order valence-corrected chi connectivity index (χ4v) is 3.23. The number of carbonyl (C=O) groups is 1. The van der Waals surface area contributed by atoms with Gasteiger partial charge in [-0.05, 0) is 37.3 Å². The van der Waals surface area contributed by atoms with Crippen LogP contribution in [0.2, 0.25) is 5.02 Å². The Bertz CT molecular complexity index is 1140. The van der Waals surface area contributed by atoms with Crippen LogP contribution in [0.25, 0.3) is 16.6 Å². The molecule has 3 rings (SSSR count). The third-order valence-electron chi connectivity index (χ3n) is 4.43. The Morgan fingerprint density at radius 3 is 2.64 bits per heavy atom. The van der Waals surface area contributed by atoms with Crippen molar-refractivity contribution in [2.75, 3.05) is 20.3 Å². The number of para-hydroxylation sites is 1. The lowest BCUT2D eigenvalue weighted by Crippen LogP contribution is -2.44. The van der Waals surface area contributed by atoms with Crippen LogP contribution in [0.5, 0.6) is 0 Å². The average Bonchev–Trinajstić information content (AvgIpc) is 2.68. The zero-order valence-electron chi connectivity index (χ0n) is 15.5. The molecule has 7 nitrogen and oxygen atoms in total. The van der Waals surface area contributed by atoms with Crippen LogP contribution in [0.1, 0.15) is 13.0 Å². The lowest BCUT2D eigenvalue weighted by Gasteiger charge is -2.19. The Kier molecular flexibility index (Phi) is 5.96. The largest absolute Gasteiger partial charge is 0.383 e. The van der Waals surface area contributed by atoms with Crippen LogP contribution >= 0.6 is 11.6 Å². The molecule has 0 aliphatic heterocycles. The fraction of sp³-hybridized carbons (Fsp3) is 0.250. The van der Waals surface area contributed by atoms with Gasteiger partial charge in [0.15, 0.2) is 0 Å². The predicted molar refractivity (Wildman–Crippen MR) is 108 cm³/mol. The molecule has 0 unspecified atom stereocenters. The first-order valence-corrected chi connectivity index (χ1v) is 9.12. The summed E-state index contributed by atoms with van der Waals surface area (Å²) in [5, 5.41) is 3.45. The number of rotatable bonds is 6. The van der Waals surface area contributed by atoms with Gasteiger partial charge < -0.3 is 10.1 Å². The predicted octanol–water partition coefficient (Wildman–Crippen LogP) is 2.13. The number of methoxy groups -OCH3 is 1. The lowest BCUT2D eigenvalue weighted by atomic mass is 10.2. The molecule has 1 atom stereocenters. The quantitative estimate of drug-likeness (QED) is 0.641. The molecule has 8 heteroatoms. The maximum absolute atomic E-state index is 13.3. The summed E-state index contributed by atoms with van der Waals surface area (Å²) in [6, 6.07) is 12.3. The van der Waals surface area contributed by atoms with Crippen molar-refractivity contribution in [2.24, 2.45) is 0 Å². The number of hydrogen-bond acceptors (Lipinski definition) is 4. The Morgan fingerprint density at radius 1 is 1.18 bits per heavy atom. The van der Waals surface area contributed by atoms with Crippen LogP contribution in [0.3, 0.4) is 0 Å². The number of ether oxygens (including phenoxy) is 1. The van der Waals surface area contributed by atoms with E-state index in [2.05, 4.69) is 5.32 Å². The maximum Gasteiger partial charge on any atom is 0.336 e. The number of aromatic nitrogens is 2. The molecular formula is C20H20ClN3O4. The number of amides is 1. The summed E-state index contributed by atoms with van der Waals surface area (Å²) in [4.78, 5) is 38.8. The van der Waals surface area contributed by atoms with Gasteiger partial charge >= 0.3 is 5.69 Å². The summed E-state index contributed by atoms with van der Waals surface area (Å²) < 4.78 is 7.29. The summed E-state index contributed by atoms with van der Waals surface area (Å²) >= 11 is 6.04. The van der Waals surface area contributed by atoms with E-state index in [1.54, 1.807) is 49.4 Å². The van der Waals surface area contributed by atoms with Gasteiger partial charge in [0.25, 0.3) is 5.56 Å². The third kappa shape index (κ3) is 3.72. The number of carbonyl (C=O) groups excluding carboxylic acids is 1. The molecule has 0 fully saturated rings. The van der Waals surface area contributed by atoms with Crippen molar-refractivity contribution < 1.29 is 9.53 Å². The van der Waals surface area contributed by atoms with Gasteiger partial charge in [-0.1, -0.05) is 29.8 Å². The highest BCUT2D eigenvalue weighted by Gasteiger charge is 2.22. The highest BCUT2D eigenvalue weighted by molar-refractivity contribution is 6.30. The van der Waals surface area contributed by atoms with Crippen molar-refractivity contribution in [3.63, 3.8) is 0 Å². The minimum Gasteiger partial charge on any atom is -0.383 e. The van der Waals surface area contributed by atoms with Crippen molar-refractivity contribution >= 4 is 28.4 Å². The molecule has 1 aromatic heterocycles. The zero-order valence-corrected chi connectivity index (χ0v) is 16.3. The van der Waals surface area contributed by atoms with E-state index in [9.17, 15) is 14.4 Å². The summed E-state index contributed by atoms with van der Waals surface area (Å²) in [6.07, 6.45) is 0. The van der Waals surface area contributed by atoms with E-state index in [0.29, 0.717) is 34.8 Å². The van der Waals surface area contributed by atoms with Crippen LogP contribution in [0, 0.1) is 0 Å². The monoisotopic (exact) mass is 401 g/mol. The first kappa shape index (κ1) is 19.9. The van der Waals surface area contributed by atoms with Gasteiger partial charge in [-0.3, -0.25) is 14.2 Å². The Labute approximate surface area is 166 Å². The zero-order chi connectivity index (χ0) is 20.3. The Hall–Kier alpha value is -2.90. The van der Waals surface area contributed by atoms with E-state index >= 15 is 0 Å². The van der Waals surface area contributed by atoms with Crippen LogP contribution < -0.4 is 16.6 Å². The molecule has 146 valence electrons. The molecule has 0 bridgehead atoms. The van der Waals surface area contributed by atoms with Crippen molar-refractivity contribution in [1.29, 1.82) is 0 Å². The minimum absolute atomic E-state index is 0.320. The second-order valence-corrected chi connectivity index (χ2v) is 6.69. The molecule has 1 heterocycles. The molecule has 0 aliphatic rings. The molecule has 28 heavy (non-hydrogen) atoms. The fourth-order valence-electron chi connectivity index (χ4n) is 3.04. The van der Waals surface area contributed by atoms with Gasteiger partial charge in [0, 0.05) is 18.7 Å². The first-order chi connectivity index (χ1) is 13.5. The first-order valence-electron chi connectivity index (χ1n) is 8.74. The minimum atomic E-state index is -0.833. The number of fused-ring (bicyclic) bond motifs is 1. The Morgan fingerprint density at radius 2 is 1.93 bits per heavy atom. The summed E-state index contributed by atoms with van der Waals surface area (Å²) in [6.45, 7) is 2.29. The number of nitrogens with one attached hydrogen (secondary N) is 1. The number of hydrogen-bond donors (Lipinski definition) is 1.